The highest BCUT2D eigenvalue weighted by atomic mass is 32.2. The molecule has 4 rings (SSSR count). The molecule has 0 saturated carbocycles. The molecular formula is C19H25N3O2S2. The van der Waals surface area contributed by atoms with E-state index in [0.29, 0.717) is 10.8 Å². The predicted molar refractivity (Wildman–Crippen MR) is 106 cm³/mol. The Labute approximate surface area is 159 Å². The lowest BCUT2D eigenvalue weighted by Crippen LogP contribution is -2.36. The van der Waals surface area contributed by atoms with E-state index in [1.54, 1.807) is 17.5 Å². The summed E-state index contributed by atoms with van der Waals surface area (Å²) in [5.41, 5.74) is 3.89. The van der Waals surface area contributed by atoms with Gasteiger partial charge in [-0.25, -0.2) is 13.1 Å². The van der Waals surface area contributed by atoms with Crippen LogP contribution in [0.3, 0.4) is 0 Å². The van der Waals surface area contributed by atoms with Crippen LogP contribution in [0.4, 0.5) is 5.69 Å². The molecule has 2 aliphatic rings. The molecule has 2 aromatic rings. The third-order valence-corrected chi connectivity index (χ3v) is 8.25. The van der Waals surface area contributed by atoms with Crippen LogP contribution in [0.5, 0.6) is 0 Å². The Morgan fingerprint density at radius 3 is 2.73 bits per heavy atom. The van der Waals surface area contributed by atoms with Crippen molar-refractivity contribution in [3.05, 3.63) is 46.8 Å². The van der Waals surface area contributed by atoms with Crippen molar-refractivity contribution in [1.29, 1.82) is 0 Å². The molecule has 0 aliphatic carbocycles. The minimum Gasteiger partial charge on any atom is -0.374 e. The quantitative estimate of drug-likeness (QED) is 0.823. The van der Waals surface area contributed by atoms with Gasteiger partial charge in [0.25, 0.3) is 0 Å². The zero-order valence-electron chi connectivity index (χ0n) is 15.0. The molecule has 0 spiro atoms. The van der Waals surface area contributed by atoms with E-state index in [1.807, 2.05) is 0 Å². The summed E-state index contributed by atoms with van der Waals surface area (Å²) in [7, 11) is -1.31. The van der Waals surface area contributed by atoms with E-state index in [2.05, 4.69) is 39.8 Å². The van der Waals surface area contributed by atoms with Crippen LogP contribution in [0.25, 0.3) is 0 Å². The molecule has 0 bridgehead atoms. The van der Waals surface area contributed by atoms with Gasteiger partial charge in [-0.1, -0.05) is 18.2 Å². The first-order valence-electron chi connectivity index (χ1n) is 9.16. The van der Waals surface area contributed by atoms with E-state index in [4.69, 9.17) is 0 Å². The summed E-state index contributed by atoms with van der Waals surface area (Å²) in [6.07, 6.45) is 3.43. The molecule has 1 fully saturated rings. The number of likely N-dealkylation sites (N-methyl/N-ethyl adjacent to an activating group) is 1. The van der Waals surface area contributed by atoms with Crippen LogP contribution in [0.2, 0.25) is 0 Å². The SMILES string of the molecule is CN1CCc2cc([C@H](CNS(=O)(=O)c3cccs3)N3CCCC3)ccc21. The standard InChI is InChI=1S/C19H25N3O2S2/c1-21-11-8-16-13-15(6-7-17(16)21)18(22-9-2-3-10-22)14-20-26(23,24)19-5-4-12-25-19/h4-7,12-13,18,20H,2-3,8-11,14H2,1H3/t18-/m0/s1. The van der Waals surface area contributed by atoms with Gasteiger partial charge in [-0.05, 0) is 61.0 Å². The second kappa shape index (κ2) is 7.31. The summed E-state index contributed by atoms with van der Waals surface area (Å²) < 4.78 is 28.3. The molecule has 5 nitrogen and oxygen atoms in total. The third kappa shape index (κ3) is 3.53. The predicted octanol–water partition coefficient (Wildman–Crippen LogP) is 2.86. The van der Waals surface area contributed by atoms with Gasteiger partial charge in [-0.2, -0.15) is 0 Å². The molecule has 1 N–H and O–H groups in total. The monoisotopic (exact) mass is 391 g/mol. The Balaban J connectivity index is 1.57. The molecule has 1 aromatic carbocycles. The summed E-state index contributed by atoms with van der Waals surface area (Å²) in [5, 5.41) is 1.80. The fourth-order valence-corrected chi connectivity index (χ4v) is 6.06. The summed E-state index contributed by atoms with van der Waals surface area (Å²) in [4.78, 5) is 4.70. The van der Waals surface area contributed by atoms with Crippen molar-refractivity contribution in [2.75, 3.05) is 38.1 Å². The Morgan fingerprint density at radius 1 is 1.19 bits per heavy atom. The van der Waals surface area contributed by atoms with E-state index in [0.717, 1.165) is 26.1 Å². The number of nitrogens with zero attached hydrogens (tertiary/aromatic N) is 2. The van der Waals surface area contributed by atoms with E-state index in [-0.39, 0.29) is 6.04 Å². The van der Waals surface area contributed by atoms with Crippen LogP contribution >= 0.6 is 11.3 Å². The highest BCUT2D eigenvalue weighted by molar-refractivity contribution is 7.91. The molecule has 2 aliphatic heterocycles. The fourth-order valence-electron chi connectivity index (χ4n) is 3.98. The molecule has 0 radical (unpaired) electrons. The van der Waals surface area contributed by atoms with E-state index >= 15 is 0 Å². The number of anilines is 1. The molecule has 3 heterocycles. The van der Waals surface area contributed by atoms with Gasteiger partial charge in [0.15, 0.2) is 0 Å². The molecule has 1 atom stereocenters. The minimum absolute atomic E-state index is 0.0865. The maximum atomic E-state index is 12.5. The van der Waals surface area contributed by atoms with Gasteiger partial charge in [-0.3, -0.25) is 4.90 Å². The van der Waals surface area contributed by atoms with Gasteiger partial charge >= 0.3 is 0 Å². The lowest BCUT2D eigenvalue weighted by Gasteiger charge is -2.28. The number of nitrogens with one attached hydrogen (secondary N) is 1. The molecule has 26 heavy (non-hydrogen) atoms. The normalized spacial score (nSPS) is 19.0. The van der Waals surface area contributed by atoms with Crippen molar-refractivity contribution < 1.29 is 8.42 Å². The zero-order valence-corrected chi connectivity index (χ0v) is 16.7. The number of hydrogen-bond donors (Lipinski definition) is 1. The third-order valence-electron chi connectivity index (χ3n) is 5.42. The molecule has 0 amide bonds. The van der Waals surface area contributed by atoms with Crippen LogP contribution in [-0.4, -0.2) is 46.5 Å². The highest BCUT2D eigenvalue weighted by Gasteiger charge is 2.27. The first kappa shape index (κ1) is 18.0. The molecular weight excluding hydrogens is 366 g/mol. The number of benzene rings is 1. The number of rotatable bonds is 6. The van der Waals surface area contributed by atoms with E-state index < -0.39 is 10.0 Å². The number of sulfonamides is 1. The van der Waals surface area contributed by atoms with Gasteiger partial charge in [0, 0.05) is 31.9 Å². The van der Waals surface area contributed by atoms with Gasteiger partial charge < -0.3 is 4.90 Å². The Bertz CT molecular complexity index is 859. The number of fused-ring (bicyclic) bond motifs is 1. The van der Waals surface area contributed by atoms with E-state index in [1.165, 1.54) is 41.0 Å². The Morgan fingerprint density at radius 2 is 2.00 bits per heavy atom. The van der Waals surface area contributed by atoms with Crippen molar-refractivity contribution >= 4 is 27.0 Å². The second-order valence-electron chi connectivity index (χ2n) is 7.10. The molecule has 140 valence electrons. The minimum atomic E-state index is -3.44. The van der Waals surface area contributed by atoms with Crippen LogP contribution in [0, 0.1) is 0 Å². The van der Waals surface area contributed by atoms with Crippen molar-refractivity contribution in [2.24, 2.45) is 0 Å². The maximum absolute atomic E-state index is 12.5. The average Bonchev–Trinajstić information content (AvgIpc) is 3.37. The summed E-state index contributed by atoms with van der Waals surface area (Å²) in [5.74, 6) is 0. The van der Waals surface area contributed by atoms with Crippen molar-refractivity contribution in [3.63, 3.8) is 0 Å². The van der Waals surface area contributed by atoms with Crippen LogP contribution < -0.4 is 9.62 Å². The van der Waals surface area contributed by atoms with Crippen molar-refractivity contribution in [2.45, 2.75) is 29.5 Å². The summed E-state index contributed by atoms with van der Waals surface area (Å²) in [6, 6.07) is 10.2. The van der Waals surface area contributed by atoms with Crippen molar-refractivity contribution in [1.82, 2.24) is 9.62 Å². The van der Waals surface area contributed by atoms with Crippen LogP contribution in [0.1, 0.15) is 30.0 Å². The van der Waals surface area contributed by atoms with Gasteiger partial charge in [0.05, 0.1) is 0 Å². The first-order chi connectivity index (χ1) is 12.5. The number of thiophene rings is 1. The van der Waals surface area contributed by atoms with Gasteiger partial charge in [0.2, 0.25) is 10.0 Å². The largest absolute Gasteiger partial charge is 0.374 e. The van der Waals surface area contributed by atoms with Gasteiger partial charge in [0.1, 0.15) is 4.21 Å². The van der Waals surface area contributed by atoms with Crippen LogP contribution in [0.15, 0.2) is 39.9 Å². The molecule has 1 saturated heterocycles. The van der Waals surface area contributed by atoms with E-state index in [9.17, 15) is 8.42 Å². The second-order valence-corrected chi connectivity index (χ2v) is 10.0. The first-order valence-corrected chi connectivity index (χ1v) is 11.5. The lowest BCUT2D eigenvalue weighted by molar-refractivity contribution is 0.246. The Hall–Kier alpha value is -1.41. The fraction of sp³-hybridized carbons (Fsp3) is 0.474. The number of hydrogen-bond acceptors (Lipinski definition) is 5. The van der Waals surface area contributed by atoms with Crippen LogP contribution in [-0.2, 0) is 16.4 Å². The molecule has 7 heteroatoms. The number of likely N-dealkylation sites (tertiary alicyclic amines) is 1. The summed E-state index contributed by atoms with van der Waals surface area (Å²) >= 11 is 1.26. The summed E-state index contributed by atoms with van der Waals surface area (Å²) in [6.45, 7) is 3.53. The average molecular weight is 392 g/mol. The molecule has 1 aromatic heterocycles. The topological polar surface area (TPSA) is 52.7 Å². The van der Waals surface area contributed by atoms with Crippen molar-refractivity contribution in [3.8, 4) is 0 Å². The smallest absolute Gasteiger partial charge is 0.250 e. The molecule has 0 unspecified atom stereocenters. The maximum Gasteiger partial charge on any atom is 0.250 e. The lowest BCUT2D eigenvalue weighted by atomic mass is 10.0. The highest BCUT2D eigenvalue weighted by Crippen LogP contribution is 2.32. The van der Waals surface area contributed by atoms with Gasteiger partial charge in [-0.15, -0.1) is 11.3 Å². The Kier molecular flexibility index (Phi) is 5.05. The zero-order chi connectivity index (χ0) is 18.1.